The van der Waals surface area contributed by atoms with Gasteiger partial charge in [0.2, 0.25) is 0 Å². The second kappa shape index (κ2) is 5.02. The van der Waals surface area contributed by atoms with Gasteiger partial charge in [-0.2, -0.15) is 0 Å². The number of fused-ring (bicyclic) bond motifs is 3. The fraction of sp³-hybridized carbons (Fsp3) is 0.211. The third-order valence-electron chi connectivity index (χ3n) is 4.51. The summed E-state index contributed by atoms with van der Waals surface area (Å²) in [6, 6.07) is 10.3. The largest absolute Gasteiger partial charge is 0.402 e. The maximum Gasteiger partial charge on any atom is 0.0785 e. The summed E-state index contributed by atoms with van der Waals surface area (Å²) in [5.41, 5.74) is 21.1. The Hall–Kier alpha value is -2.55. The molecular weight excluding hydrogens is 270 g/mol. The molecule has 2 aromatic rings. The smallest absolute Gasteiger partial charge is 0.0785 e. The number of allylic oxidation sites excluding steroid dienone is 2. The van der Waals surface area contributed by atoms with Crippen LogP contribution in [0.4, 0.5) is 0 Å². The van der Waals surface area contributed by atoms with Crippen LogP contribution in [0.5, 0.6) is 0 Å². The van der Waals surface area contributed by atoms with E-state index in [2.05, 4.69) is 18.2 Å². The number of hydrogen-bond donors (Lipinski definition) is 2. The number of hydrogen-bond acceptors (Lipinski definition) is 3. The Labute approximate surface area is 130 Å². The Morgan fingerprint density at radius 1 is 0.773 bits per heavy atom. The Kier molecular flexibility index (Phi) is 3.00. The van der Waals surface area contributed by atoms with Crippen molar-refractivity contribution in [2.75, 3.05) is 0 Å². The molecule has 4 N–H and O–H groups in total. The van der Waals surface area contributed by atoms with Crippen LogP contribution >= 0.6 is 0 Å². The van der Waals surface area contributed by atoms with Crippen LogP contribution in [-0.4, -0.2) is 4.98 Å². The standard InChI is InChI=1S/C19H19N3/c20-13-6-8-15-16-9-7-14(21)11-18(16)22-19(17(15)10-13)12-4-2-1-3-5-12/h1-5,10-11H,6-9,20-21H2. The van der Waals surface area contributed by atoms with Crippen LogP contribution < -0.4 is 11.5 Å². The highest BCUT2D eigenvalue weighted by Crippen LogP contribution is 2.36. The van der Waals surface area contributed by atoms with E-state index in [0.29, 0.717) is 0 Å². The van der Waals surface area contributed by atoms with Gasteiger partial charge in [-0.25, -0.2) is 4.98 Å². The lowest BCUT2D eigenvalue weighted by molar-refractivity contribution is 0.839. The zero-order valence-electron chi connectivity index (χ0n) is 12.5. The molecule has 0 fully saturated rings. The monoisotopic (exact) mass is 289 g/mol. The van der Waals surface area contributed by atoms with Crippen molar-refractivity contribution < 1.29 is 0 Å². The molecule has 2 aliphatic carbocycles. The minimum absolute atomic E-state index is 0.921. The zero-order chi connectivity index (χ0) is 15.1. The molecule has 0 saturated heterocycles. The van der Waals surface area contributed by atoms with Gasteiger partial charge in [0.1, 0.15) is 0 Å². The van der Waals surface area contributed by atoms with Gasteiger partial charge in [-0.3, -0.25) is 0 Å². The number of aromatic nitrogens is 1. The van der Waals surface area contributed by atoms with Crippen molar-refractivity contribution in [2.24, 2.45) is 11.5 Å². The lowest BCUT2D eigenvalue weighted by atomic mass is 9.84. The summed E-state index contributed by atoms with van der Waals surface area (Å²) in [7, 11) is 0. The molecule has 4 rings (SSSR count). The van der Waals surface area contributed by atoms with Crippen LogP contribution in [0.1, 0.15) is 35.2 Å². The molecule has 0 bridgehead atoms. The SMILES string of the molecule is NC1=Cc2nc(-c3ccccc3)c3c(c2CC1)CCC(N)=C3. The van der Waals surface area contributed by atoms with E-state index in [1.165, 1.54) is 16.7 Å². The third-order valence-corrected chi connectivity index (χ3v) is 4.51. The van der Waals surface area contributed by atoms with E-state index in [4.69, 9.17) is 16.5 Å². The molecule has 22 heavy (non-hydrogen) atoms. The molecule has 2 aliphatic rings. The summed E-state index contributed by atoms with van der Waals surface area (Å²) in [5.74, 6) is 0. The number of rotatable bonds is 1. The summed E-state index contributed by atoms with van der Waals surface area (Å²) < 4.78 is 0. The summed E-state index contributed by atoms with van der Waals surface area (Å²) in [5, 5.41) is 0. The lowest BCUT2D eigenvalue weighted by Crippen LogP contribution is -2.16. The van der Waals surface area contributed by atoms with Crippen LogP contribution in [0, 0.1) is 0 Å². The molecule has 1 heterocycles. The van der Waals surface area contributed by atoms with E-state index in [0.717, 1.165) is 54.0 Å². The van der Waals surface area contributed by atoms with Crippen molar-refractivity contribution in [2.45, 2.75) is 25.7 Å². The van der Waals surface area contributed by atoms with Crippen molar-refractivity contribution in [3.05, 3.63) is 64.1 Å². The van der Waals surface area contributed by atoms with Gasteiger partial charge in [0.25, 0.3) is 0 Å². The van der Waals surface area contributed by atoms with Gasteiger partial charge < -0.3 is 11.5 Å². The molecule has 3 heteroatoms. The summed E-state index contributed by atoms with van der Waals surface area (Å²) >= 11 is 0. The van der Waals surface area contributed by atoms with Gasteiger partial charge in [0.05, 0.1) is 11.4 Å². The molecule has 1 aromatic carbocycles. The van der Waals surface area contributed by atoms with Crippen molar-refractivity contribution in [1.82, 2.24) is 4.98 Å². The Morgan fingerprint density at radius 3 is 2.23 bits per heavy atom. The first-order valence-corrected chi connectivity index (χ1v) is 7.75. The summed E-state index contributed by atoms with van der Waals surface area (Å²) in [6.07, 6.45) is 7.97. The predicted octanol–water partition coefficient (Wildman–Crippen LogP) is 3.24. The van der Waals surface area contributed by atoms with E-state index < -0.39 is 0 Å². The topological polar surface area (TPSA) is 64.9 Å². The maximum atomic E-state index is 6.10. The van der Waals surface area contributed by atoms with Crippen molar-refractivity contribution >= 4 is 12.2 Å². The first kappa shape index (κ1) is 13.1. The molecule has 0 unspecified atom stereocenters. The third kappa shape index (κ3) is 2.10. The average Bonchev–Trinajstić information content (AvgIpc) is 2.54. The molecule has 0 amide bonds. The highest BCUT2D eigenvalue weighted by Gasteiger charge is 2.23. The van der Waals surface area contributed by atoms with E-state index in [9.17, 15) is 0 Å². The van der Waals surface area contributed by atoms with Gasteiger partial charge in [0, 0.05) is 22.5 Å². The number of pyridine rings is 1. The summed E-state index contributed by atoms with van der Waals surface area (Å²) in [4.78, 5) is 4.93. The molecule has 3 nitrogen and oxygen atoms in total. The van der Waals surface area contributed by atoms with Crippen LogP contribution in [-0.2, 0) is 12.8 Å². The van der Waals surface area contributed by atoms with E-state index in [1.54, 1.807) is 0 Å². The van der Waals surface area contributed by atoms with Crippen molar-refractivity contribution in [3.8, 4) is 11.3 Å². The molecule has 0 radical (unpaired) electrons. The first-order valence-electron chi connectivity index (χ1n) is 7.75. The zero-order valence-corrected chi connectivity index (χ0v) is 12.5. The molecule has 0 spiro atoms. The fourth-order valence-corrected chi connectivity index (χ4v) is 3.41. The van der Waals surface area contributed by atoms with Crippen molar-refractivity contribution in [3.63, 3.8) is 0 Å². The molecule has 0 aliphatic heterocycles. The normalized spacial score (nSPS) is 16.4. The van der Waals surface area contributed by atoms with E-state index in [1.807, 2.05) is 24.3 Å². The maximum absolute atomic E-state index is 6.10. The number of benzene rings is 1. The average molecular weight is 289 g/mol. The Bertz CT molecular complexity index is 801. The fourth-order valence-electron chi connectivity index (χ4n) is 3.41. The number of nitrogens with zero attached hydrogens (tertiary/aromatic N) is 1. The quantitative estimate of drug-likeness (QED) is 0.847. The molecular formula is C19H19N3. The van der Waals surface area contributed by atoms with Crippen LogP contribution in [0.3, 0.4) is 0 Å². The molecule has 0 atom stereocenters. The minimum atomic E-state index is 0.921. The van der Waals surface area contributed by atoms with E-state index in [-0.39, 0.29) is 0 Å². The van der Waals surface area contributed by atoms with Gasteiger partial charge in [0.15, 0.2) is 0 Å². The lowest BCUT2D eigenvalue weighted by Gasteiger charge is -2.24. The van der Waals surface area contributed by atoms with Crippen LogP contribution in [0.15, 0.2) is 41.7 Å². The Morgan fingerprint density at radius 2 is 1.45 bits per heavy atom. The van der Waals surface area contributed by atoms with Gasteiger partial charge >= 0.3 is 0 Å². The van der Waals surface area contributed by atoms with Gasteiger partial charge in [-0.05, 0) is 49.0 Å². The van der Waals surface area contributed by atoms with Crippen molar-refractivity contribution in [1.29, 1.82) is 0 Å². The summed E-state index contributed by atoms with van der Waals surface area (Å²) in [6.45, 7) is 0. The van der Waals surface area contributed by atoms with Gasteiger partial charge in [-0.1, -0.05) is 30.3 Å². The first-order chi connectivity index (χ1) is 10.7. The number of nitrogens with two attached hydrogens (primary N) is 2. The van der Waals surface area contributed by atoms with E-state index >= 15 is 0 Å². The van der Waals surface area contributed by atoms with Crippen LogP contribution in [0.25, 0.3) is 23.4 Å². The predicted molar refractivity (Wildman–Crippen MR) is 90.6 cm³/mol. The molecule has 1 aromatic heterocycles. The highest BCUT2D eigenvalue weighted by molar-refractivity contribution is 5.79. The Balaban J connectivity index is 2.02. The van der Waals surface area contributed by atoms with Crippen LogP contribution in [0.2, 0.25) is 0 Å². The second-order valence-corrected chi connectivity index (χ2v) is 6.02. The molecule has 110 valence electrons. The second-order valence-electron chi connectivity index (χ2n) is 6.02. The van der Waals surface area contributed by atoms with Gasteiger partial charge in [-0.15, -0.1) is 0 Å². The highest BCUT2D eigenvalue weighted by atomic mass is 14.7. The minimum Gasteiger partial charge on any atom is -0.402 e. The molecule has 0 saturated carbocycles.